The number of fused-ring (bicyclic) bond motifs is 1. The van der Waals surface area contributed by atoms with Gasteiger partial charge in [0.25, 0.3) is 0 Å². The highest BCUT2D eigenvalue weighted by Crippen LogP contribution is 2.23. The van der Waals surface area contributed by atoms with Crippen molar-refractivity contribution in [1.82, 2.24) is 4.57 Å². The molecule has 3 rings (SSSR count). The van der Waals surface area contributed by atoms with Crippen molar-refractivity contribution in [3.8, 4) is 5.75 Å². The molecule has 0 saturated carbocycles. The van der Waals surface area contributed by atoms with Crippen LogP contribution in [0.2, 0.25) is 0 Å². The van der Waals surface area contributed by atoms with Gasteiger partial charge >= 0.3 is 0 Å². The summed E-state index contributed by atoms with van der Waals surface area (Å²) in [6.07, 6.45) is 7.50. The Kier molecular flexibility index (Phi) is 3.74. The molecule has 1 fully saturated rings. The van der Waals surface area contributed by atoms with Crippen LogP contribution in [-0.4, -0.2) is 24.4 Å². The molecule has 1 aliphatic heterocycles. The van der Waals surface area contributed by atoms with Crippen molar-refractivity contribution in [2.75, 3.05) is 13.7 Å². The second kappa shape index (κ2) is 5.66. The standard InChI is InChI=1S/C16H21NO2/c1-18-15-6-7-16-13(12-15)8-10-17(16)9-2-4-14-5-3-11-19-14/h6-8,10,12,14H,2-5,9,11H2,1H3. The van der Waals surface area contributed by atoms with Crippen LogP contribution in [0, 0.1) is 0 Å². The fourth-order valence-electron chi connectivity index (χ4n) is 2.86. The number of rotatable bonds is 5. The lowest BCUT2D eigenvalue weighted by molar-refractivity contribution is 0.101. The molecule has 1 aromatic carbocycles. The highest BCUT2D eigenvalue weighted by molar-refractivity contribution is 5.81. The highest BCUT2D eigenvalue weighted by Gasteiger charge is 2.14. The van der Waals surface area contributed by atoms with E-state index in [-0.39, 0.29) is 0 Å². The van der Waals surface area contributed by atoms with Gasteiger partial charge in [-0.15, -0.1) is 0 Å². The molecule has 1 saturated heterocycles. The van der Waals surface area contributed by atoms with Crippen LogP contribution in [0.15, 0.2) is 30.5 Å². The lowest BCUT2D eigenvalue weighted by atomic mass is 10.1. The summed E-state index contributed by atoms with van der Waals surface area (Å²) in [4.78, 5) is 0. The van der Waals surface area contributed by atoms with Crippen molar-refractivity contribution in [2.45, 2.75) is 38.3 Å². The molecule has 1 unspecified atom stereocenters. The number of nitrogens with zero attached hydrogens (tertiary/aromatic N) is 1. The molecule has 102 valence electrons. The third-order valence-electron chi connectivity index (χ3n) is 3.93. The third-order valence-corrected chi connectivity index (χ3v) is 3.93. The van der Waals surface area contributed by atoms with Crippen LogP contribution in [0.4, 0.5) is 0 Å². The number of hydrogen-bond donors (Lipinski definition) is 0. The van der Waals surface area contributed by atoms with Gasteiger partial charge in [0, 0.05) is 30.3 Å². The van der Waals surface area contributed by atoms with Gasteiger partial charge < -0.3 is 14.0 Å². The molecule has 1 aliphatic rings. The third kappa shape index (κ3) is 2.76. The Bertz CT molecular complexity index is 541. The number of aryl methyl sites for hydroxylation is 1. The maximum absolute atomic E-state index is 5.66. The number of aromatic nitrogens is 1. The van der Waals surface area contributed by atoms with Crippen LogP contribution in [0.5, 0.6) is 5.75 Å². The molecule has 3 nitrogen and oxygen atoms in total. The normalized spacial score (nSPS) is 19.1. The summed E-state index contributed by atoms with van der Waals surface area (Å²) in [5, 5.41) is 1.25. The summed E-state index contributed by atoms with van der Waals surface area (Å²) in [6, 6.07) is 8.41. The Morgan fingerprint density at radius 2 is 2.32 bits per heavy atom. The van der Waals surface area contributed by atoms with Crippen LogP contribution in [0.3, 0.4) is 0 Å². The molecule has 0 spiro atoms. The van der Waals surface area contributed by atoms with E-state index in [1.54, 1.807) is 7.11 Å². The van der Waals surface area contributed by atoms with E-state index >= 15 is 0 Å². The zero-order chi connectivity index (χ0) is 13.1. The SMILES string of the molecule is COc1ccc2c(ccn2CCCC2CCCO2)c1. The summed E-state index contributed by atoms with van der Waals surface area (Å²) in [6.45, 7) is 2.02. The van der Waals surface area contributed by atoms with E-state index in [1.807, 2.05) is 6.07 Å². The Morgan fingerprint density at radius 3 is 3.11 bits per heavy atom. The van der Waals surface area contributed by atoms with Gasteiger partial charge in [0.1, 0.15) is 5.75 Å². The van der Waals surface area contributed by atoms with Crippen molar-refractivity contribution >= 4 is 10.9 Å². The largest absolute Gasteiger partial charge is 0.497 e. The molecule has 3 heteroatoms. The van der Waals surface area contributed by atoms with Crippen molar-refractivity contribution in [3.05, 3.63) is 30.5 Å². The first kappa shape index (κ1) is 12.5. The fraction of sp³-hybridized carbons (Fsp3) is 0.500. The summed E-state index contributed by atoms with van der Waals surface area (Å²) in [5.41, 5.74) is 1.29. The first-order chi connectivity index (χ1) is 9.36. The molecular weight excluding hydrogens is 238 g/mol. The van der Waals surface area contributed by atoms with Gasteiger partial charge in [-0.2, -0.15) is 0 Å². The van der Waals surface area contributed by atoms with Gasteiger partial charge in [0.2, 0.25) is 0 Å². The van der Waals surface area contributed by atoms with E-state index in [0.29, 0.717) is 6.10 Å². The summed E-state index contributed by atoms with van der Waals surface area (Å²) in [5.74, 6) is 0.921. The molecule has 2 aromatic rings. The minimum absolute atomic E-state index is 0.502. The first-order valence-electron chi connectivity index (χ1n) is 7.11. The zero-order valence-corrected chi connectivity index (χ0v) is 11.5. The van der Waals surface area contributed by atoms with Gasteiger partial charge in [-0.05, 0) is 49.9 Å². The maximum Gasteiger partial charge on any atom is 0.119 e. The van der Waals surface area contributed by atoms with Gasteiger partial charge in [0.15, 0.2) is 0 Å². The monoisotopic (exact) mass is 259 g/mol. The van der Waals surface area contributed by atoms with Crippen LogP contribution >= 0.6 is 0 Å². The Morgan fingerprint density at radius 1 is 1.37 bits per heavy atom. The van der Waals surface area contributed by atoms with Crippen LogP contribution in [0.25, 0.3) is 10.9 Å². The summed E-state index contributed by atoms with van der Waals surface area (Å²) in [7, 11) is 1.71. The summed E-state index contributed by atoms with van der Waals surface area (Å²) < 4.78 is 13.2. The summed E-state index contributed by atoms with van der Waals surface area (Å²) >= 11 is 0. The fourth-order valence-corrected chi connectivity index (χ4v) is 2.86. The second-order valence-electron chi connectivity index (χ2n) is 5.21. The van der Waals surface area contributed by atoms with Crippen LogP contribution in [0.1, 0.15) is 25.7 Å². The zero-order valence-electron chi connectivity index (χ0n) is 11.5. The predicted molar refractivity (Wildman–Crippen MR) is 76.7 cm³/mol. The average Bonchev–Trinajstić information content (AvgIpc) is 3.08. The van der Waals surface area contributed by atoms with E-state index in [0.717, 1.165) is 18.9 Å². The number of ether oxygens (including phenoxy) is 2. The van der Waals surface area contributed by atoms with Crippen molar-refractivity contribution in [1.29, 1.82) is 0 Å². The molecule has 0 bridgehead atoms. The molecule has 0 aliphatic carbocycles. The molecule has 19 heavy (non-hydrogen) atoms. The molecule has 0 amide bonds. The first-order valence-corrected chi connectivity index (χ1v) is 7.11. The molecule has 1 aromatic heterocycles. The van der Waals surface area contributed by atoms with E-state index < -0.39 is 0 Å². The Labute approximate surface area is 114 Å². The van der Waals surface area contributed by atoms with Crippen molar-refractivity contribution in [2.24, 2.45) is 0 Å². The van der Waals surface area contributed by atoms with Gasteiger partial charge in [0.05, 0.1) is 13.2 Å². The van der Waals surface area contributed by atoms with Crippen molar-refractivity contribution < 1.29 is 9.47 Å². The van der Waals surface area contributed by atoms with Crippen LogP contribution < -0.4 is 4.74 Å². The molecule has 0 radical (unpaired) electrons. The quantitative estimate of drug-likeness (QED) is 0.819. The van der Waals surface area contributed by atoms with Gasteiger partial charge in [-0.1, -0.05) is 0 Å². The number of methoxy groups -OCH3 is 1. The van der Waals surface area contributed by atoms with Crippen LogP contribution in [-0.2, 0) is 11.3 Å². The van der Waals surface area contributed by atoms with E-state index in [2.05, 4.69) is 29.0 Å². The van der Waals surface area contributed by atoms with Gasteiger partial charge in [-0.3, -0.25) is 0 Å². The molecular formula is C16H21NO2. The number of hydrogen-bond acceptors (Lipinski definition) is 2. The van der Waals surface area contributed by atoms with E-state index in [4.69, 9.17) is 9.47 Å². The molecule has 2 heterocycles. The Balaban J connectivity index is 1.64. The lowest BCUT2D eigenvalue weighted by Gasteiger charge is -2.10. The van der Waals surface area contributed by atoms with E-state index in [1.165, 1.54) is 36.6 Å². The molecule has 1 atom stereocenters. The smallest absolute Gasteiger partial charge is 0.119 e. The minimum atomic E-state index is 0.502. The minimum Gasteiger partial charge on any atom is -0.497 e. The maximum atomic E-state index is 5.66. The average molecular weight is 259 g/mol. The Hall–Kier alpha value is -1.48. The van der Waals surface area contributed by atoms with E-state index in [9.17, 15) is 0 Å². The lowest BCUT2D eigenvalue weighted by Crippen LogP contribution is -2.06. The number of benzene rings is 1. The molecule has 0 N–H and O–H groups in total. The topological polar surface area (TPSA) is 23.4 Å². The highest BCUT2D eigenvalue weighted by atomic mass is 16.5. The second-order valence-corrected chi connectivity index (χ2v) is 5.21. The van der Waals surface area contributed by atoms with Crippen molar-refractivity contribution in [3.63, 3.8) is 0 Å². The van der Waals surface area contributed by atoms with Gasteiger partial charge in [-0.25, -0.2) is 0 Å². The predicted octanol–water partition coefficient (Wildman–Crippen LogP) is 3.61.